The van der Waals surface area contributed by atoms with Gasteiger partial charge in [0, 0.05) is 11.3 Å². The fourth-order valence-electron chi connectivity index (χ4n) is 2.31. The highest BCUT2D eigenvalue weighted by molar-refractivity contribution is 7.09. The summed E-state index contributed by atoms with van der Waals surface area (Å²) >= 11 is 1.69. The minimum Gasteiger partial charge on any atom is -0.376 e. The number of ether oxygens (including phenoxy) is 1. The summed E-state index contributed by atoms with van der Waals surface area (Å²) in [5.74, 6) is 0.103. The normalized spacial score (nSPS) is 24.5. The average molecular weight is 250 g/mol. The number of aryl methyl sites for hydroxylation is 1. The summed E-state index contributed by atoms with van der Waals surface area (Å²) in [6, 6.07) is 2.37. The molecule has 2 atom stereocenters. The molecule has 0 aliphatic heterocycles. The van der Waals surface area contributed by atoms with E-state index in [1.165, 1.54) is 17.7 Å². The smallest absolute Gasteiger partial charge is 0.0797 e. The fraction of sp³-hybridized carbons (Fsp3) is 0.692. The molecule has 0 N–H and O–H groups in total. The molecule has 0 saturated heterocycles. The number of nitriles is 1. The monoisotopic (exact) mass is 250 g/mol. The van der Waals surface area contributed by atoms with Gasteiger partial charge in [-0.05, 0) is 19.8 Å². The van der Waals surface area contributed by atoms with Crippen molar-refractivity contribution in [2.45, 2.75) is 45.1 Å². The molecule has 2 unspecified atom stereocenters. The Labute approximate surface area is 106 Å². The van der Waals surface area contributed by atoms with Crippen molar-refractivity contribution in [3.63, 3.8) is 0 Å². The predicted molar refractivity (Wildman–Crippen MR) is 67.9 cm³/mol. The molecular formula is C13H18N2OS. The van der Waals surface area contributed by atoms with Crippen LogP contribution in [0.1, 0.15) is 36.3 Å². The Hall–Kier alpha value is -0.920. The Kier molecular flexibility index (Phi) is 4.52. The van der Waals surface area contributed by atoms with Crippen molar-refractivity contribution in [3.8, 4) is 6.07 Å². The van der Waals surface area contributed by atoms with Gasteiger partial charge in [0.2, 0.25) is 0 Å². The number of aromatic nitrogens is 1. The van der Waals surface area contributed by atoms with Gasteiger partial charge < -0.3 is 4.74 Å². The third-order valence-electron chi connectivity index (χ3n) is 3.37. The van der Waals surface area contributed by atoms with E-state index in [1.807, 2.05) is 12.4 Å². The van der Waals surface area contributed by atoms with Crippen LogP contribution in [0.2, 0.25) is 0 Å². The van der Waals surface area contributed by atoms with E-state index in [1.54, 1.807) is 11.3 Å². The van der Waals surface area contributed by atoms with Crippen molar-refractivity contribution in [2.75, 3.05) is 6.61 Å². The van der Waals surface area contributed by atoms with Crippen LogP contribution in [0.25, 0.3) is 0 Å². The van der Waals surface area contributed by atoms with Crippen LogP contribution in [-0.2, 0) is 11.2 Å². The minimum absolute atomic E-state index is 0.103. The molecule has 92 valence electrons. The molecular weight excluding hydrogens is 232 g/mol. The fourth-order valence-corrected chi connectivity index (χ4v) is 3.08. The Morgan fingerprint density at radius 2 is 2.35 bits per heavy atom. The summed E-state index contributed by atoms with van der Waals surface area (Å²) < 4.78 is 5.87. The van der Waals surface area contributed by atoms with Crippen molar-refractivity contribution in [2.24, 2.45) is 5.92 Å². The number of thiazole rings is 1. The standard InChI is InChI=1S/C13H18N2OS/c1-10-13(17-9-15-10)6-7-16-12-5-3-2-4-11(12)8-14/h9,11-12H,2-7H2,1H3. The van der Waals surface area contributed by atoms with Gasteiger partial charge in [-0.2, -0.15) is 5.26 Å². The van der Waals surface area contributed by atoms with Gasteiger partial charge in [0.25, 0.3) is 0 Å². The largest absolute Gasteiger partial charge is 0.376 e. The molecule has 0 bridgehead atoms. The summed E-state index contributed by atoms with van der Waals surface area (Å²) in [5.41, 5.74) is 2.99. The molecule has 17 heavy (non-hydrogen) atoms. The third kappa shape index (κ3) is 3.27. The second-order valence-corrected chi connectivity index (χ2v) is 5.48. The molecule has 0 spiro atoms. The topological polar surface area (TPSA) is 45.9 Å². The second kappa shape index (κ2) is 6.13. The number of hydrogen-bond donors (Lipinski definition) is 0. The predicted octanol–water partition coefficient (Wildman–Crippen LogP) is 3.09. The highest BCUT2D eigenvalue weighted by atomic mass is 32.1. The number of nitrogens with zero attached hydrogens (tertiary/aromatic N) is 2. The number of hydrogen-bond acceptors (Lipinski definition) is 4. The van der Waals surface area contributed by atoms with E-state index in [4.69, 9.17) is 10.00 Å². The van der Waals surface area contributed by atoms with Gasteiger partial charge in [-0.15, -0.1) is 11.3 Å². The van der Waals surface area contributed by atoms with Crippen molar-refractivity contribution in [3.05, 3.63) is 16.1 Å². The van der Waals surface area contributed by atoms with E-state index in [-0.39, 0.29) is 12.0 Å². The van der Waals surface area contributed by atoms with Crippen LogP contribution in [0.3, 0.4) is 0 Å². The molecule has 0 amide bonds. The Balaban J connectivity index is 1.78. The summed E-state index contributed by atoms with van der Waals surface area (Å²) in [5, 5.41) is 9.05. The zero-order valence-electron chi connectivity index (χ0n) is 10.2. The van der Waals surface area contributed by atoms with E-state index >= 15 is 0 Å². The molecule has 3 nitrogen and oxygen atoms in total. The molecule has 1 saturated carbocycles. The van der Waals surface area contributed by atoms with Crippen LogP contribution in [0.5, 0.6) is 0 Å². The molecule has 0 aromatic carbocycles. The highest BCUT2D eigenvalue weighted by Gasteiger charge is 2.25. The summed E-state index contributed by atoms with van der Waals surface area (Å²) in [6.45, 7) is 2.75. The van der Waals surface area contributed by atoms with Crippen LogP contribution in [0.15, 0.2) is 5.51 Å². The summed E-state index contributed by atoms with van der Waals surface area (Å²) in [4.78, 5) is 5.52. The Bertz CT molecular complexity index is 396. The van der Waals surface area contributed by atoms with Gasteiger partial charge in [0.1, 0.15) is 0 Å². The van der Waals surface area contributed by atoms with Crippen LogP contribution in [0, 0.1) is 24.2 Å². The molecule has 4 heteroatoms. The molecule has 1 aromatic rings. The van der Waals surface area contributed by atoms with E-state index in [9.17, 15) is 0 Å². The maximum atomic E-state index is 9.05. The van der Waals surface area contributed by atoms with E-state index in [2.05, 4.69) is 11.1 Å². The first-order valence-corrected chi connectivity index (χ1v) is 7.09. The number of rotatable bonds is 4. The molecule has 1 fully saturated rings. The van der Waals surface area contributed by atoms with Gasteiger partial charge >= 0.3 is 0 Å². The lowest BCUT2D eigenvalue weighted by Gasteiger charge is -2.26. The molecule has 1 aromatic heterocycles. The van der Waals surface area contributed by atoms with Crippen molar-refractivity contribution in [1.29, 1.82) is 5.26 Å². The molecule has 1 aliphatic carbocycles. The summed E-state index contributed by atoms with van der Waals surface area (Å²) in [7, 11) is 0. The van der Waals surface area contributed by atoms with Gasteiger partial charge in [-0.3, -0.25) is 0 Å². The lowest BCUT2D eigenvalue weighted by atomic mass is 9.87. The van der Waals surface area contributed by atoms with Crippen molar-refractivity contribution < 1.29 is 4.74 Å². The van der Waals surface area contributed by atoms with E-state index in [0.29, 0.717) is 6.61 Å². The van der Waals surface area contributed by atoms with Crippen molar-refractivity contribution in [1.82, 2.24) is 4.98 Å². The van der Waals surface area contributed by atoms with Crippen LogP contribution >= 0.6 is 11.3 Å². The third-order valence-corrected chi connectivity index (χ3v) is 4.37. The summed E-state index contributed by atoms with van der Waals surface area (Å²) in [6.07, 6.45) is 5.49. The zero-order valence-corrected chi connectivity index (χ0v) is 11.0. The molecule has 1 heterocycles. The minimum atomic E-state index is 0.103. The van der Waals surface area contributed by atoms with Crippen LogP contribution in [-0.4, -0.2) is 17.7 Å². The highest BCUT2D eigenvalue weighted by Crippen LogP contribution is 2.26. The Morgan fingerprint density at radius 1 is 1.53 bits per heavy atom. The molecule has 1 aliphatic rings. The lowest BCUT2D eigenvalue weighted by molar-refractivity contribution is 0.00786. The first kappa shape index (κ1) is 12.5. The van der Waals surface area contributed by atoms with Crippen LogP contribution < -0.4 is 0 Å². The van der Waals surface area contributed by atoms with Gasteiger partial charge in [-0.25, -0.2) is 4.98 Å². The maximum Gasteiger partial charge on any atom is 0.0797 e. The first-order valence-electron chi connectivity index (χ1n) is 6.21. The second-order valence-electron chi connectivity index (χ2n) is 4.54. The quantitative estimate of drug-likeness (QED) is 0.825. The zero-order chi connectivity index (χ0) is 12.1. The maximum absolute atomic E-state index is 9.05. The van der Waals surface area contributed by atoms with Crippen molar-refractivity contribution >= 4 is 11.3 Å². The van der Waals surface area contributed by atoms with Crippen LogP contribution in [0.4, 0.5) is 0 Å². The average Bonchev–Trinajstić information content (AvgIpc) is 2.76. The Morgan fingerprint density at radius 3 is 3.06 bits per heavy atom. The van der Waals surface area contributed by atoms with E-state index in [0.717, 1.165) is 25.0 Å². The van der Waals surface area contributed by atoms with Gasteiger partial charge in [-0.1, -0.05) is 12.8 Å². The molecule has 0 radical (unpaired) electrons. The molecule has 2 rings (SSSR count). The van der Waals surface area contributed by atoms with Gasteiger partial charge in [0.05, 0.1) is 35.9 Å². The lowest BCUT2D eigenvalue weighted by Crippen LogP contribution is -2.27. The van der Waals surface area contributed by atoms with E-state index < -0.39 is 0 Å². The van der Waals surface area contributed by atoms with Gasteiger partial charge in [0.15, 0.2) is 0 Å². The SMILES string of the molecule is Cc1ncsc1CCOC1CCCCC1C#N. The first-order chi connectivity index (χ1) is 8.31.